The van der Waals surface area contributed by atoms with Gasteiger partial charge in [0.1, 0.15) is 0 Å². The number of carbonyl (C=O) groups excluding carboxylic acids is 1. The summed E-state index contributed by atoms with van der Waals surface area (Å²) in [6.07, 6.45) is 11.1. The molecule has 0 atom stereocenters. The SMILES string of the molecule is O=C(CCc1cnn(-c2ccccc2)c1)Nc1ccn(CCc2ccncc2)n1. The van der Waals surface area contributed by atoms with Crippen LogP contribution in [0.3, 0.4) is 0 Å². The van der Waals surface area contributed by atoms with E-state index in [1.54, 1.807) is 18.6 Å². The van der Waals surface area contributed by atoms with Gasteiger partial charge in [-0.3, -0.25) is 14.5 Å². The molecular formula is C22H22N6O. The van der Waals surface area contributed by atoms with Crippen LogP contribution >= 0.6 is 0 Å². The van der Waals surface area contributed by atoms with Crippen LogP contribution in [0.25, 0.3) is 5.69 Å². The standard InChI is InChI=1S/C22H22N6O/c29-22(7-6-19-16-24-28(17-19)20-4-2-1-3-5-20)25-21-11-15-27(26-21)14-10-18-8-12-23-13-9-18/h1-5,8-9,11-13,15-17H,6-7,10,14H2,(H,25,26,29). The van der Waals surface area contributed by atoms with E-state index in [0.29, 0.717) is 18.7 Å². The molecule has 1 N–H and O–H groups in total. The molecule has 7 heteroatoms. The monoisotopic (exact) mass is 386 g/mol. The van der Waals surface area contributed by atoms with Crippen molar-refractivity contribution in [3.05, 3.63) is 90.6 Å². The molecule has 0 aliphatic heterocycles. The van der Waals surface area contributed by atoms with Crippen molar-refractivity contribution in [3.63, 3.8) is 0 Å². The van der Waals surface area contributed by atoms with E-state index in [0.717, 1.165) is 24.2 Å². The van der Waals surface area contributed by atoms with Crippen molar-refractivity contribution in [3.8, 4) is 5.69 Å². The number of anilines is 1. The number of aryl methyl sites for hydroxylation is 3. The van der Waals surface area contributed by atoms with E-state index in [2.05, 4.69) is 20.5 Å². The maximum absolute atomic E-state index is 12.3. The van der Waals surface area contributed by atoms with E-state index in [1.807, 2.05) is 70.3 Å². The molecule has 0 spiro atoms. The van der Waals surface area contributed by atoms with Gasteiger partial charge in [-0.05, 0) is 48.2 Å². The lowest BCUT2D eigenvalue weighted by molar-refractivity contribution is -0.116. The number of carbonyl (C=O) groups is 1. The molecule has 0 saturated heterocycles. The normalized spacial score (nSPS) is 10.8. The van der Waals surface area contributed by atoms with E-state index in [9.17, 15) is 4.79 Å². The summed E-state index contributed by atoms with van der Waals surface area (Å²) in [7, 11) is 0. The summed E-state index contributed by atoms with van der Waals surface area (Å²) in [5.74, 6) is 0.515. The van der Waals surface area contributed by atoms with Gasteiger partial charge in [-0.2, -0.15) is 10.2 Å². The van der Waals surface area contributed by atoms with Crippen molar-refractivity contribution in [1.29, 1.82) is 0 Å². The summed E-state index contributed by atoms with van der Waals surface area (Å²) in [6.45, 7) is 0.749. The van der Waals surface area contributed by atoms with Crippen LogP contribution in [0.1, 0.15) is 17.5 Å². The van der Waals surface area contributed by atoms with E-state index in [4.69, 9.17) is 0 Å². The highest BCUT2D eigenvalue weighted by atomic mass is 16.1. The summed E-state index contributed by atoms with van der Waals surface area (Å²) >= 11 is 0. The summed E-state index contributed by atoms with van der Waals surface area (Å²) in [5.41, 5.74) is 3.23. The molecule has 0 aliphatic carbocycles. The van der Waals surface area contributed by atoms with E-state index >= 15 is 0 Å². The fourth-order valence-corrected chi connectivity index (χ4v) is 3.02. The highest BCUT2D eigenvalue weighted by molar-refractivity contribution is 5.89. The molecule has 3 heterocycles. The van der Waals surface area contributed by atoms with Crippen LogP contribution in [0.15, 0.2) is 79.5 Å². The van der Waals surface area contributed by atoms with Gasteiger partial charge in [0.2, 0.25) is 5.91 Å². The van der Waals surface area contributed by atoms with Gasteiger partial charge in [-0.15, -0.1) is 0 Å². The van der Waals surface area contributed by atoms with Gasteiger partial charge in [0.25, 0.3) is 0 Å². The van der Waals surface area contributed by atoms with Gasteiger partial charge in [0.15, 0.2) is 5.82 Å². The molecular weight excluding hydrogens is 364 g/mol. The lowest BCUT2D eigenvalue weighted by Gasteiger charge is -2.03. The van der Waals surface area contributed by atoms with E-state index in [-0.39, 0.29) is 5.91 Å². The molecule has 1 aromatic carbocycles. The first kappa shape index (κ1) is 18.6. The molecule has 0 unspecified atom stereocenters. The highest BCUT2D eigenvalue weighted by Gasteiger charge is 2.08. The third-order valence-corrected chi connectivity index (χ3v) is 4.58. The first-order valence-corrected chi connectivity index (χ1v) is 9.57. The second-order valence-electron chi connectivity index (χ2n) is 6.75. The summed E-state index contributed by atoms with van der Waals surface area (Å²) in [6, 6.07) is 15.7. The maximum Gasteiger partial charge on any atom is 0.225 e. The smallest absolute Gasteiger partial charge is 0.225 e. The first-order valence-electron chi connectivity index (χ1n) is 9.57. The number of hydrogen-bond acceptors (Lipinski definition) is 4. The third kappa shape index (κ3) is 5.16. The van der Waals surface area contributed by atoms with Crippen LogP contribution < -0.4 is 5.32 Å². The van der Waals surface area contributed by atoms with Crippen LogP contribution in [-0.2, 0) is 24.2 Å². The summed E-state index contributed by atoms with van der Waals surface area (Å²) in [5, 5.41) is 11.6. The molecule has 4 aromatic rings. The van der Waals surface area contributed by atoms with Gasteiger partial charge in [-0.1, -0.05) is 18.2 Å². The Kier molecular flexibility index (Phi) is 5.76. The summed E-state index contributed by atoms with van der Waals surface area (Å²) in [4.78, 5) is 16.3. The minimum absolute atomic E-state index is 0.0585. The van der Waals surface area contributed by atoms with Crippen molar-refractivity contribution in [1.82, 2.24) is 24.5 Å². The molecule has 0 radical (unpaired) electrons. The number of nitrogens with one attached hydrogen (secondary N) is 1. The molecule has 1 amide bonds. The van der Waals surface area contributed by atoms with E-state index < -0.39 is 0 Å². The van der Waals surface area contributed by atoms with E-state index in [1.165, 1.54) is 5.56 Å². The van der Waals surface area contributed by atoms with Gasteiger partial charge >= 0.3 is 0 Å². The molecule has 0 aliphatic rings. The molecule has 146 valence electrons. The average molecular weight is 386 g/mol. The van der Waals surface area contributed by atoms with Gasteiger partial charge in [0, 0.05) is 43.8 Å². The van der Waals surface area contributed by atoms with Crippen molar-refractivity contribution in [2.45, 2.75) is 25.8 Å². The Hall–Kier alpha value is -3.74. The molecule has 7 nitrogen and oxygen atoms in total. The summed E-state index contributed by atoms with van der Waals surface area (Å²) < 4.78 is 3.65. The number of aromatic nitrogens is 5. The lowest BCUT2D eigenvalue weighted by atomic mass is 10.2. The first-order chi connectivity index (χ1) is 14.3. The topological polar surface area (TPSA) is 77.6 Å². The maximum atomic E-state index is 12.3. The number of pyridine rings is 1. The Bertz CT molecular complexity index is 1060. The van der Waals surface area contributed by atoms with Crippen molar-refractivity contribution in [2.24, 2.45) is 0 Å². The number of rotatable bonds is 8. The molecule has 29 heavy (non-hydrogen) atoms. The predicted octanol–water partition coefficient (Wildman–Crippen LogP) is 3.28. The van der Waals surface area contributed by atoms with Gasteiger partial charge in [-0.25, -0.2) is 4.68 Å². The Labute approximate surface area is 169 Å². The predicted molar refractivity (Wildman–Crippen MR) is 111 cm³/mol. The molecule has 0 fully saturated rings. The average Bonchev–Trinajstić information content (AvgIpc) is 3.42. The quantitative estimate of drug-likeness (QED) is 0.504. The lowest BCUT2D eigenvalue weighted by Crippen LogP contribution is -2.13. The van der Waals surface area contributed by atoms with Crippen molar-refractivity contribution in [2.75, 3.05) is 5.32 Å². The fraction of sp³-hybridized carbons (Fsp3) is 0.182. The number of hydrogen-bond donors (Lipinski definition) is 1. The van der Waals surface area contributed by atoms with Gasteiger partial charge < -0.3 is 5.32 Å². The van der Waals surface area contributed by atoms with Crippen molar-refractivity contribution < 1.29 is 4.79 Å². The zero-order valence-corrected chi connectivity index (χ0v) is 16.0. The molecule has 3 aromatic heterocycles. The second-order valence-corrected chi connectivity index (χ2v) is 6.75. The fourth-order valence-electron chi connectivity index (χ4n) is 3.02. The molecule has 4 rings (SSSR count). The number of amides is 1. The Morgan fingerprint density at radius 1 is 0.966 bits per heavy atom. The zero-order chi connectivity index (χ0) is 19.9. The number of nitrogens with zero attached hydrogens (tertiary/aromatic N) is 5. The van der Waals surface area contributed by atoms with Crippen LogP contribution in [0.2, 0.25) is 0 Å². The Balaban J connectivity index is 1.25. The largest absolute Gasteiger partial charge is 0.309 e. The van der Waals surface area contributed by atoms with Crippen LogP contribution in [0.4, 0.5) is 5.82 Å². The molecule has 0 saturated carbocycles. The van der Waals surface area contributed by atoms with Crippen LogP contribution in [-0.4, -0.2) is 30.5 Å². The minimum Gasteiger partial charge on any atom is -0.309 e. The van der Waals surface area contributed by atoms with Crippen LogP contribution in [0, 0.1) is 0 Å². The number of para-hydroxylation sites is 1. The highest BCUT2D eigenvalue weighted by Crippen LogP contribution is 2.10. The zero-order valence-electron chi connectivity index (χ0n) is 16.0. The Morgan fingerprint density at radius 3 is 2.62 bits per heavy atom. The third-order valence-electron chi connectivity index (χ3n) is 4.58. The number of benzene rings is 1. The minimum atomic E-state index is -0.0585. The molecule has 0 bridgehead atoms. The van der Waals surface area contributed by atoms with Crippen molar-refractivity contribution >= 4 is 11.7 Å². The van der Waals surface area contributed by atoms with Gasteiger partial charge in [0.05, 0.1) is 11.9 Å². The Morgan fingerprint density at radius 2 is 1.79 bits per heavy atom. The second kappa shape index (κ2) is 8.97. The van der Waals surface area contributed by atoms with Crippen LogP contribution in [0.5, 0.6) is 0 Å².